The first-order valence-corrected chi connectivity index (χ1v) is 4.01. The predicted molar refractivity (Wildman–Crippen MR) is 42.8 cm³/mol. The fraction of sp³-hybridized carbons (Fsp3) is 1.00. The number of methoxy groups -OCH3 is 1. The average Bonchev–Trinajstić information content (AvgIpc) is 2.13. The number of nitrogens with two attached hydrogens (primary N) is 1. The van der Waals surface area contributed by atoms with E-state index in [1.54, 1.807) is 0 Å². The Morgan fingerprint density at radius 2 is 1.46 bits per heavy atom. The molecule has 6 N–H and O–H groups in total. The van der Waals surface area contributed by atoms with Crippen LogP contribution < -0.4 is 5.73 Å². The van der Waals surface area contributed by atoms with Crippen LogP contribution in [0.4, 0.5) is 0 Å². The van der Waals surface area contributed by atoms with Crippen molar-refractivity contribution in [1.82, 2.24) is 0 Å². The summed E-state index contributed by atoms with van der Waals surface area (Å²) in [5.74, 6) is 0. The molecule has 0 bridgehead atoms. The van der Waals surface area contributed by atoms with Crippen molar-refractivity contribution in [1.29, 1.82) is 0 Å². The van der Waals surface area contributed by atoms with Gasteiger partial charge in [-0.15, -0.1) is 0 Å². The summed E-state index contributed by atoms with van der Waals surface area (Å²) in [6, 6.07) is -1.01. The van der Waals surface area contributed by atoms with E-state index in [9.17, 15) is 20.4 Å². The first kappa shape index (κ1) is 10.8. The quantitative estimate of drug-likeness (QED) is 0.299. The number of hydrogen-bond acceptors (Lipinski definition) is 6. The Balaban J connectivity index is 2.79. The lowest BCUT2D eigenvalue weighted by Crippen LogP contribution is -2.66. The Morgan fingerprint density at radius 3 is 1.92 bits per heavy atom. The van der Waals surface area contributed by atoms with Gasteiger partial charge in [0.2, 0.25) is 0 Å². The van der Waals surface area contributed by atoms with E-state index in [2.05, 4.69) is 0 Å². The molecule has 6 heteroatoms. The van der Waals surface area contributed by atoms with Gasteiger partial charge in [0.1, 0.15) is 30.5 Å². The second-order valence-electron chi connectivity index (χ2n) is 3.24. The third kappa shape index (κ3) is 1.69. The van der Waals surface area contributed by atoms with Crippen molar-refractivity contribution in [3.05, 3.63) is 0 Å². The molecule has 0 aliphatic heterocycles. The van der Waals surface area contributed by atoms with Crippen LogP contribution in [-0.2, 0) is 4.74 Å². The van der Waals surface area contributed by atoms with Crippen molar-refractivity contribution in [2.45, 2.75) is 36.6 Å². The van der Waals surface area contributed by atoms with Crippen molar-refractivity contribution in [2.75, 3.05) is 7.11 Å². The van der Waals surface area contributed by atoms with Gasteiger partial charge in [-0.05, 0) is 0 Å². The molecular weight excluding hydrogens is 178 g/mol. The molecule has 0 radical (unpaired) electrons. The number of aliphatic hydroxyl groups is 4. The van der Waals surface area contributed by atoms with E-state index in [4.69, 9.17) is 10.5 Å². The zero-order chi connectivity index (χ0) is 10.2. The third-order valence-electron chi connectivity index (χ3n) is 2.43. The Kier molecular flexibility index (Phi) is 3.23. The van der Waals surface area contributed by atoms with Crippen LogP contribution in [0.5, 0.6) is 0 Å². The highest BCUT2D eigenvalue weighted by molar-refractivity contribution is 5.01. The average molecular weight is 193 g/mol. The molecule has 0 amide bonds. The molecule has 0 saturated heterocycles. The highest BCUT2D eigenvalue weighted by atomic mass is 16.5. The van der Waals surface area contributed by atoms with Crippen molar-refractivity contribution >= 4 is 0 Å². The molecule has 1 rings (SSSR count). The molecule has 0 spiro atoms. The van der Waals surface area contributed by atoms with E-state index in [1.165, 1.54) is 7.11 Å². The Labute approximate surface area is 75.6 Å². The van der Waals surface area contributed by atoms with Gasteiger partial charge < -0.3 is 30.9 Å². The summed E-state index contributed by atoms with van der Waals surface area (Å²) in [5.41, 5.74) is 5.39. The van der Waals surface area contributed by atoms with Crippen LogP contribution in [-0.4, -0.2) is 64.1 Å². The van der Waals surface area contributed by atoms with E-state index >= 15 is 0 Å². The Morgan fingerprint density at radius 1 is 0.923 bits per heavy atom. The summed E-state index contributed by atoms with van der Waals surface area (Å²) in [4.78, 5) is 0. The van der Waals surface area contributed by atoms with Crippen molar-refractivity contribution in [2.24, 2.45) is 5.73 Å². The number of ether oxygens (including phenoxy) is 1. The van der Waals surface area contributed by atoms with Gasteiger partial charge in [0.05, 0.1) is 6.04 Å². The molecule has 0 aromatic rings. The summed E-state index contributed by atoms with van der Waals surface area (Å²) < 4.78 is 4.75. The Hall–Kier alpha value is -0.240. The normalized spacial score (nSPS) is 52.2. The summed E-state index contributed by atoms with van der Waals surface area (Å²) in [7, 11) is 1.29. The fourth-order valence-electron chi connectivity index (χ4n) is 1.53. The SMILES string of the molecule is CO[C@@H]1[C@H](O)[C@@H](N)[C@@H](O)[C@H](O)[C@H]1O. The minimum absolute atomic E-state index is 0.964. The summed E-state index contributed by atoms with van der Waals surface area (Å²) in [5, 5.41) is 37.3. The lowest BCUT2D eigenvalue weighted by Gasteiger charge is -2.41. The van der Waals surface area contributed by atoms with Crippen molar-refractivity contribution < 1.29 is 25.2 Å². The first-order valence-electron chi connectivity index (χ1n) is 4.01. The van der Waals surface area contributed by atoms with Crippen LogP contribution in [0.25, 0.3) is 0 Å². The monoisotopic (exact) mass is 193 g/mol. The van der Waals surface area contributed by atoms with Crippen LogP contribution in [0.1, 0.15) is 0 Å². The van der Waals surface area contributed by atoms with Crippen LogP contribution in [0.15, 0.2) is 0 Å². The van der Waals surface area contributed by atoms with Gasteiger partial charge in [-0.2, -0.15) is 0 Å². The molecule has 1 aliphatic carbocycles. The van der Waals surface area contributed by atoms with Crippen LogP contribution in [0.3, 0.4) is 0 Å². The molecule has 13 heavy (non-hydrogen) atoms. The minimum Gasteiger partial charge on any atom is -0.389 e. The van der Waals surface area contributed by atoms with Crippen LogP contribution >= 0.6 is 0 Å². The maximum absolute atomic E-state index is 9.41. The molecule has 1 saturated carbocycles. The molecule has 6 nitrogen and oxygen atoms in total. The largest absolute Gasteiger partial charge is 0.389 e. The van der Waals surface area contributed by atoms with E-state index in [-0.39, 0.29) is 0 Å². The summed E-state index contributed by atoms with van der Waals surface area (Å²) in [6.45, 7) is 0. The topological polar surface area (TPSA) is 116 Å². The van der Waals surface area contributed by atoms with Crippen molar-refractivity contribution in [3.63, 3.8) is 0 Å². The Bertz CT molecular complexity index is 162. The molecular formula is C7H15NO5. The van der Waals surface area contributed by atoms with Gasteiger partial charge in [-0.1, -0.05) is 0 Å². The molecule has 0 aromatic carbocycles. The predicted octanol–water partition coefficient (Wildman–Crippen LogP) is -3.21. The highest BCUT2D eigenvalue weighted by Crippen LogP contribution is 2.21. The number of rotatable bonds is 1. The standard InChI is InChI=1S/C7H15NO5/c1-13-7-4(10)2(8)3(9)5(11)6(7)12/h2-7,9-12H,8H2,1H3/t2-,3+,4+,5-,6+,7+/m0/s1. The highest BCUT2D eigenvalue weighted by Gasteiger charge is 2.47. The van der Waals surface area contributed by atoms with E-state index in [0.29, 0.717) is 0 Å². The molecule has 0 heterocycles. The molecule has 0 aromatic heterocycles. The second-order valence-corrected chi connectivity index (χ2v) is 3.24. The van der Waals surface area contributed by atoms with E-state index < -0.39 is 36.6 Å². The molecule has 1 fully saturated rings. The number of hydrogen-bond donors (Lipinski definition) is 5. The minimum atomic E-state index is -1.39. The zero-order valence-corrected chi connectivity index (χ0v) is 7.24. The lowest BCUT2D eigenvalue weighted by molar-refractivity contribution is -0.193. The molecule has 1 aliphatic rings. The molecule has 6 atom stereocenters. The molecule has 78 valence electrons. The summed E-state index contributed by atoms with van der Waals surface area (Å²) >= 11 is 0. The number of aliphatic hydroxyl groups excluding tert-OH is 4. The maximum Gasteiger partial charge on any atom is 0.113 e. The zero-order valence-electron chi connectivity index (χ0n) is 7.24. The fourth-order valence-corrected chi connectivity index (χ4v) is 1.53. The second kappa shape index (κ2) is 3.87. The smallest absolute Gasteiger partial charge is 0.113 e. The third-order valence-corrected chi connectivity index (χ3v) is 2.43. The molecule has 0 unspecified atom stereocenters. The van der Waals surface area contributed by atoms with E-state index in [0.717, 1.165) is 0 Å². The van der Waals surface area contributed by atoms with Gasteiger partial charge in [0.25, 0.3) is 0 Å². The van der Waals surface area contributed by atoms with Gasteiger partial charge in [-0.25, -0.2) is 0 Å². The summed E-state index contributed by atoms with van der Waals surface area (Å²) in [6.07, 6.45) is -6.19. The first-order chi connectivity index (χ1) is 6.00. The van der Waals surface area contributed by atoms with Gasteiger partial charge in [-0.3, -0.25) is 0 Å². The van der Waals surface area contributed by atoms with Gasteiger partial charge in [0.15, 0.2) is 0 Å². The van der Waals surface area contributed by atoms with Crippen LogP contribution in [0, 0.1) is 0 Å². The van der Waals surface area contributed by atoms with E-state index in [1.807, 2.05) is 0 Å². The van der Waals surface area contributed by atoms with Gasteiger partial charge in [0, 0.05) is 7.11 Å². The van der Waals surface area contributed by atoms with Gasteiger partial charge >= 0.3 is 0 Å². The van der Waals surface area contributed by atoms with Crippen LogP contribution in [0.2, 0.25) is 0 Å². The van der Waals surface area contributed by atoms with Crippen molar-refractivity contribution in [3.8, 4) is 0 Å². The maximum atomic E-state index is 9.41. The lowest BCUT2D eigenvalue weighted by atomic mass is 9.83.